The van der Waals surface area contributed by atoms with E-state index in [2.05, 4.69) is 34.6 Å². The molecule has 0 heterocycles. The second-order valence-corrected chi connectivity index (χ2v) is 9.19. The fraction of sp³-hybridized carbons (Fsp3) is 1.00. The normalized spacial score (nSPS) is 28.4. The Hall–Kier alpha value is 0.177. The first-order valence-corrected chi connectivity index (χ1v) is 10.2. The van der Waals surface area contributed by atoms with Crippen LogP contribution in [0.1, 0.15) is 92.4 Å². The van der Waals surface area contributed by atoms with Crippen molar-refractivity contribution >= 4 is 10.5 Å². The first-order chi connectivity index (χ1) is 9.86. The summed E-state index contributed by atoms with van der Waals surface area (Å²) in [4.78, 5) is 0. The van der Waals surface area contributed by atoms with E-state index in [0.717, 1.165) is 28.9 Å². The van der Waals surface area contributed by atoms with Crippen molar-refractivity contribution < 1.29 is 4.43 Å². The molecule has 0 aromatic carbocycles. The van der Waals surface area contributed by atoms with Crippen LogP contribution in [0, 0.1) is 22.7 Å². The highest BCUT2D eigenvalue weighted by molar-refractivity contribution is 5.97. The zero-order valence-electron chi connectivity index (χ0n) is 15.6. The second-order valence-electron chi connectivity index (χ2n) is 8.61. The highest BCUT2D eigenvalue weighted by Gasteiger charge is 2.43. The van der Waals surface area contributed by atoms with Gasteiger partial charge in [-0.25, -0.2) is 0 Å². The van der Waals surface area contributed by atoms with E-state index in [1.54, 1.807) is 0 Å². The van der Waals surface area contributed by atoms with Crippen LogP contribution < -0.4 is 0 Å². The fourth-order valence-electron chi connectivity index (χ4n) is 5.01. The van der Waals surface area contributed by atoms with Crippen LogP contribution in [-0.2, 0) is 4.43 Å². The minimum absolute atomic E-state index is 0.403. The Balaban J connectivity index is 3.00. The molecule has 2 unspecified atom stereocenters. The van der Waals surface area contributed by atoms with Crippen molar-refractivity contribution in [1.82, 2.24) is 0 Å². The zero-order chi connectivity index (χ0) is 15.9. The molecular formula is C19H40OSi. The van der Waals surface area contributed by atoms with Crippen LogP contribution in [0.5, 0.6) is 0 Å². The predicted octanol–water partition coefficient (Wildman–Crippen LogP) is 5.11. The molecule has 0 aromatic heterocycles. The average molecular weight is 313 g/mol. The minimum Gasteiger partial charge on any atom is -0.428 e. The predicted molar refractivity (Wildman–Crippen MR) is 97.7 cm³/mol. The smallest absolute Gasteiger partial charge is 0.145 e. The van der Waals surface area contributed by atoms with Gasteiger partial charge in [0.15, 0.2) is 0 Å². The van der Waals surface area contributed by atoms with Gasteiger partial charge in [-0.3, -0.25) is 0 Å². The maximum Gasteiger partial charge on any atom is 0.145 e. The summed E-state index contributed by atoms with van der Waals surface area (Å²) in [6.07, 6.45) is 12.6. The molecule has 2 heteroatoms. The Bertz CT molecular complexity index is 285. The standard InChI is InChI=1S/C19H40OSi/c1-6-14-18(2,3)17-13-11-9-7-8-10-12-16(15-20-21)19(17,4)5/h16-17H,6-15H2,1-5,21H3. The molecule has 0 radical (unpaired) electrons. The van der Waals surface area contributed by atoms with Crippen molar-refractivity contribution in [1.29, 1.82) is 0 Å². The summed E-state index contributed by atoms with van der Waals surface area (Å²) in [6.45, 7) is 13.5. The van der Waals surface area contributed by atoms with Gasteiger partial charge >= 0.3 is 0 Å². The molecule has 1 fully saturated rings. The molecule has 1 aliphatic carbocycles. The Morgan fingerprint density at radius 3 is 2.19 bits per heavy atom. The maximum absolute atomic E-state index is 5.75. The quantitative estimate of drug-likeness (QED) is 0.641. The molecule has 0 aliphatic heterocycles. The molecule has 21 heavy (non-hydrogen) atoms. The van der Waals surface area contributed by atoms with E-state index in [4.69, 9.17) is 4.43 Å². The zero-order valence-corrected chi connectivity index (χ0v) is 17.6. The molecule has 126 valence electrons. The lowest BCUT2D eigenvalue weighted by Crippen LogP contribution is -2.43. The van der Waals surface area contributed by atoms with Gasteiger partial charge in [0, 0.05) is 6.61 Å². The van der Waals surface area contributed by atoms with Crippen LogP contribution in [0.2, 0.25) is 0 Å². The fourth-order valence-corrected chi connectivity index (χ4v) is 5.42. The van der Waals surface area contributed by atoms with E-state index in [1.807, 2.05) is 0 Å². The summed E-state index contributed by atoms with van der Waals surface area (Å²) in [5, 5.41) is 0. The van der Waals surface area contributed by atoms with E-state index >= 15 is 0 Å². The largest absolute Gasteiger partial charge is 0.428 e. The van der Waals surface area contributed by atoms with Crippen molar-refractivity contribution in [2.45, 2.75) is 92.4 Å². The van der Waals surface area contributed by atoms with Crippen LogP contribution >= 0.6 is 0 Å². The van der Waals surface area contributed by atoms with Crippen LogP contribution in [0.15, 0.2) is 0 Å². The Labute approximate surface area is 137 Å². The topological polar surface area (TPSA) is 9.23 Å². The van der Waals surface area contributed by atoms with Gasteiger partial charge in [0.05, 0.1) is 0 Å². The molecule has 1 saturated carbocycles. The third-order valence-corrected chi connectivity index (χ3v) is 6.53. The molecule has 1 rings (SSSR count). The Morgan fingerprint density at radius 1 is 1.05 bits per heavy atom. The summed E-state index contributed by atoms with van der Waals surface area (Å²) >= 11 is 0. The molecule has 0 saturated heterocycles. The molecule has 0 aromatic rings. The summed E-state index contributed by atoms with van der Waals surface area (Å²) in [5.74, 6) is 1.57. The van der Waals surface area contributed by atoms with Gasteiger partial charge < -0.3 is 4.43 Å². The van der Waals surface area contributed by atoms with Crippen LogP contribution in [0.3, 0.4) is 0 Å². The van der Waals surface area contributed by atoms with Crippen LogP contribution in [-0.4, -0.2) is 17.1 Å². The highest BCUT2D eigenvalue weighted by atomic mass is 28.2. The summed E-state index contributed by atoms with van der Waals surface area (Å²) < 4.78 is 5.75. The summed E-state index contributed by atoms with van der Waals surface area (Å²) in [6, 6.07) is 0. The number of hydrogen-bond donors (Lipinski definition) is 0. The Morgan fingerprint density at radius 2 is 1.62 bits per heavy atom. The SMILES string of the molecule is CCCC(C)(C)C1CCCCCCCC(CO[SiH3])C1(C)C. The number of rotatable bonds is 5. The van der Waals surface area contributed by atoms with Gasteiger partial charge in [-0.15, -0.1) is 0 Å². The maximum atomic E-state index is 5.75. The molecule has 0 N–H and O–H groups in total. The van der Waals surface area contributed by atoms with Crippen LogP contribution in [0.4, 0.5) is 0 Å². The van der Waals surface area contributed by atoms with Gasteiger partial charge in [0.25, 0.3) is 0 Å². The Kier molecular flexibility index (Phi) is 7.98. The molecule has 1 aliphatic rings. The molecule has 0 spiro atoms. The first kappa shape index (κ1) is 19.2. The average Bonchev–Trinajstić information content (AvgIpc) is 2.39. The lowest BCUT2D eigenvalue weighted by molar-refractivity contribution is -0.0135. The van der Waals surface area contributed by atoms with Crippen molar-refractivity contribution in [2.75, 3.05) is 6.61 Å². The molecule has 0 amide bonds. The van der Waals surface area contributed by atoms with Crippen molar-refractivity contribution in [3.05, 3.63) is 0 Å². The summed E-state index contributed by atoms with van der Waals surface area (Å²) in [5.41, 5.74) is 0.862. The lowest BCUT2D eigenvalue weighted by Gasteiger charge is -2.49. The molecule has 0 bridgehead atoms. The van der Waals surface area contributed by atoms with E-state index < -0.39 is 0 Å². The van der Waals surface area contributed by atoms with E-state index in [1.165, 1.54) is 57.8 Å². The highest BCUT2D eigenvalue weighted by Crippen LogP contribution is 2.51. The van der Waals surface area contributed by atoms with Crippen molar-refractivity contribution in [3.8, 4) is 0 Å². The van der Waals surface area contributed by atoms with Crippen LogP contribution in [0.25, 0.3) is 0 Å². The van der Waals surface area contributed by atoms with Gasteiger partial charge in [-0.1, -0.05) is 73.1 Å². The molecular weight excluding hydrogens is 272 g/mol. The van der Waals surface area contributed by atoms with Gasteiger partial charge in [-0.05, 0) is 41.9 Å². The van der Waals surface area contributed by atoms with Crippen molar-refractivity contribution in [3.63, 3.8) is 0 Å². The second kappa shape index (κ2) is 8.72. The minimum atomic E-state index is 0.403. The lowest BCUT2D eigenvalue weighted by atomic mass is 9.56. The molecule has 1 nitrogen and oxygen atoms in total. The third kappa shape index (κ3) is 5.39. The van der Waals surface area contributed by atoms with Gasteiger partial charge in [-0.2, -0.15) is 0 Å². The number of hydrogen-bond acceptors (Lipinski definition) is 1. The van der Waals surface area contributed by atoms with Gasteiger partial charge in [0.1, 0.15) is 10.5 Å². The van der Waals surface area contributed by atoms with Crippen molar-refractivity contribution in [2.24, 2.45) is 22.7 Å². The third-order valence-electron chi connectivity index (χ3n) is 6.20. The van der Waals surface area contributed by atoms with E-state index in [-0.39, 0.29) is 0 Å². The van der Waals surface area contributed by atoms with E-state index in [9.17, 15) is 0 Å². The van der Waals surface area contributed by atoms with Gasteiger partial charge in [0.2, 0.25) is 0 Å². The summed E-state index contributed by atoms with van der Waals surface area (Å²) in [7, 11) is 0.882. The monoisotopic (exact) mass is 312 g/mol. The first-order valence-electron chi connectivity index (χ1n) is 9.35. The molecule has 2 atom stereocenters. The van der Waals surface area contributed by atoms with E-state index in [0.29, 0.717) is 10.8 Å².